The van der Waals surface area contributed by atoms with Gasteiger partial charge in [-0.25, -0.2) is 0 Å². The van der Waals surface area contributed by atoms with Crippen LogP contribution in [0.5, 0.6) is 5.75 Å². The van der Waals surface area contributed by atoms with E-state index in [0.717, 1.165) is 32.6 Å². The maximum absolute atomic E-state index is 12.5. The summed E-state index contributed by atoms with van der Waals surface area (Å²) in [6, 6.07) is 5.71. The third kappa shape index (κ3) is 2.96. The standard InChI is InChI=1S/C16H24N2O2/c1-4-12(2)17-8-10-18(11-9-17)16(20)14-6-5-7-15(19)13(14)3/h5-7,12,19H,4,8-11H2,1-3H3. The number of carbonyl (C=O) groups excluding carboxylic acids is 1. The molecule has 1 saturated heterocycles. The molecule has 1 unspecified atom stereocenters. The van der Waals surface area contributed by atoms with Crippen molar-refractivity contribution >= 4 is 5.91 Å². The maximum Gasteiger partial charge on any atom is 0.254 e. The number of benzene rings is 1. The smallest absolute Gasteiger partial charge is 0.254 e. The van der Waals surface area contributed by atoms with Gasteiger partial charge in [0.05, 0.1) is 0 Å². The van der Waals surface area contributed by atoms with E-state index in [0.29, 0.717) is 17.2 Å². The zero-order chi connectivity index (χ0) is 14.7. The molecule has 20 heavy (non-hydrogen) atoms. The van der Waals surface area contributed by atoms with Gasteiger partial charge >= 0.3 is 0 Å². The van der Waals surface area contributed by atoms with Crippen molar-refractivity contribution < 1.29 is 9.90 Å². The van der Waals surface area contributed by atoms with Crippen molar-refractivity contribution in [1.82, 2.24) is 9.80 Å². The molecule has 1 fully saturated rings. The van der Waals surface area contributed by atoms with Crippen LogP contribution in [0.25, 0.3) is 0 Å². The zero-order valence-corrected chi connectivity index (χ0v) is 12.6. The van der Waals surface area contributed by atoms with Crippen LogP contribution in [0, 0.1) is 6.92 Å². The van der Waals surface area contributed by atoms with Crippen LogP contribution in [-0.4, -0.2) is 53.0 Å². The Balaban J connectivity index is 2.03. The molecule has 4 heteroatoms. The summed E-state index contributed by atoms with van der Waals surface area (Å²) < 4.78 is 0. The Morgan fingerprint density at radius 1 is 1.30 bits per heavy atom. The van der Waals surface area contributed by atoms with Gasteiger partial charge in [-0.1, -0.05) is 13.0 Å². The van der Waals surface area contributed by atoms with Crippen LogP contribution >= 0.6 is 0 Å². The first-order valence-corrected chi connectivity index (χ1v) is 7.36. The molecule has 1 atom stereocenters. The van der Waals surface area contributed by atoms with E-state index in [2.05, 4.69) is 18.7 Å². The topological polar surface area (TPSA) is 43.8 Å². The highest BCUT2D eigenvalue weighted by molar-refractivity contribution is 5.96. The predicted octanol–water partition coefficient (Wildman–Crippen LogP) is 2.26. The highest BCUT2D eigenvalue weighted by atomic mass is 16.3. The van der Waals surface area contributed by atoms with Gasteiger partial charge in [0.25, 0.3) is 5.91 Å². The van der Waals surface area contributed by atoms with Crippen molar-refractivity contribution in [2.24, 2.45) is 0 Å². The van der Waals surface area contributed by atoms with E-state index in [1.54, 1.807) is 25.1 Å². The van der Waals surface area contributed by atoms with E-state index in [9.17, 15) is 9.90 Å². The molecule has 1 N–H and O–H groups in total. The molecule has 1 amide bonds. The van der Waals surface area contributed by atoms with Gasteiger partial charge in [0.1, 0.15) is 5.75 Å². The van der Waals surface area contributed by atoms with Gasteiger partial charge in [-0.05, 0) is 32.4 Å². The normalized spacial score (nSPS) is 18.1. The Bertz CT molecular complexity index is 479. The van der Waals surface area contributed by atoms with Crippen LogP contribution in [0.15, 0.2) is 18.2 Å². The summed E-state index contributed by atoms with van der Waals surface area (Å²) >= 11 is 0. The summed E-state index contributed by atoms with van der Waals surface area (Å²) in [6.45, 7) is 9.60. The molecule has 1 aromatic carbocycles. The van der Waals surface area contributed by atoms with Crippen LogP contribution in [0.2, 0.25) is 0 Å². The first-order valence-electron chi connectivity index (χ1n) is 7.36. The monoisotopic (exact) mass is 276 g/mol. The number of piperazine rings is 1. The predicted molar refractivity (Wildman–Crippen MR) is 80.1 cm³/mol. The minimum absolute atomic E-state index is 0.0298. The molecular weight excluding hydrogens is 252 g/mol. The second kappa shape index (κ2) is 6.27. The van der Waals surface area contributed by atoms with Gasteiger partial charge in [-0.15, -0.1) is 0 Å². The van der Waals surface area contributed by atoms with Crippen molar-refractivity contribution in [3.8, 4) is 5.75 Å². The molecule has 1 heterocycles. The van der Waals surface area contributed by atoms with Gasteiger partial charge in [0, 0.05) is 43.3 Å². The van der Waals surface area contributed by atoms with Gasteiger partial charge in [-0.3, -0.25) is 9.69 Å². The lowest BCUT2D eigenvalue weighted by molar-refractivity contribution is 0.0578. The molecule has 0 saturated carbocycles. The SMILES string of the molecule is CCC(C)N1CCN(C(=O)c2cccc(O)c2C)CC1. The Morgan fingerprint density at radius 3 is 2.55 bits per heavy atom. The van der Waals surface area contributed by atoms with Crippen LogP contribution < -0.4 is 0 Å². The van der Waals surface area contributed by atoms with Crippen LogP contribution in [0.1, 0.15) is 36.2 Å². The van der Waals surface area contributed by atoms with E-state index in [4.69, 9.17) is 0 Å². The quantitative estimate of drug-likeness (QED) is 0.921. The van der Waals surface area contributed by atoms with E-state index >= 15 is 0 Å². The average molecular weight is 276 g/mol. The largest absolute Gasteiger partial charge is 0.508 e. The number of hydrogen-bond donors (Lipinski definition) is 1. The van der Waals surface area contributed by atoms with Crippen LogP contribution in [0.3, 0.4) is 0 Å². The molecule has 0 radical (unpaired) electrons. The molecule has 2 rings (SSSR count). The Labute approximate surface area is 121 Å². The number of rotatable bonds is 3. The molecular formula is C16H24N2O2. The lowest BCUT2D eigenvalue weighted by Gasteiger charge is -2.38. The number of hydrogen-bond acceptors (Lipinski definition) is 3. The third-order valence-corrected chi connectivity index (χ3v) is 4.35. The van der Waals surface area contributed by atoms with Crippen molar-refractivity contribution in [2.45, 2.75) is 33.2 Å². The summed E-state index contributed by atoms with van der Waals surface area (Å²) in [5, 5.41) is 9.72. The number of phenols is 1. The minimum Gasteiger partial charge on any atom is -0.508 e. The van der Waals surface area contributed by atoms with E-state index in [1.165, 1.54) is 0 Å². The molecule has 0 aliphatic carbocycles. The van der Waals surface area contributed by atoms with Crippen molar-refractivity contribution in [1.29, 1.82) is 0 Å². The number of nitrogens with zero attached hydrogens (tertiary/aromatic N) is 2. The molecule has 1 aliphatic heterocycles. The number of carbonyl (C=O) groups is 1. The van der Waals surface area contributed by atoms with Gasteiger partial charge in [0.15, 0.2) is 0 Å². The highest BCUT2D eigenvalue weighted by Gasteiger charge is 2.25. The van der Waals surface area contributed by atoms with Gasteiger partial charge in [0.2, 0.25) is 0 Å². The lowest BCUT2D eigenvalue weighted by atomic mass is 10.1. The summed E-state index contributed by atoms with van der Waals surface area (Å²) in [5.74, 6) is 0.219. The fourth-order valence-electron chi connectivity index (χ4n) is 2.65. The third-order valence-electron chi connectivity index (χ3n) is 4.35. The molecule has 1 aromatic rings. The minimum atomic E-state index is 0.0298. The molecule has 4 nitrogen and oxygen atoms in total. The van der Waals surface area contributed by atoms with Gasteiger partial charge < -0.3 is 10.0 Å². The molecule has 1 aliphatic rings. The second-order valence-corrected chi connectivity index (χ2v) is 5.54. The summed E-state index contributed by atoms with van der Waals surface area (Å²) in [4.78, 5) is 16.8. The average Bonchev–Trinajstić information content (AvgIpc) is 2.48. The zero-order valence-electron chi connectivity index (χ0n) is 12.6. The van der Waals surface area contributed by atoms with E-state index in [-0.39, 0.29) is 11.7 Å². The van der Waals surface area contributed by atoms with E-state index in [1.807, 2.05) is 4.90 Å². The fourth-order valence-corrected chi connectivity index (χ4v) is 2.65. The number of amides is 1. The Morgan fingerprint density at radius 2 is 1.95 bits per heavy atom. The number of phenolic OH excluding ortho intramolecular Hbond substituents is 1. The summed E-state index contributed by atoms with van der Waals surface area (Å²) in [5.41, 5.74) is 1.28. The highest BCUT2D eigenvalue weighted by Crippen LogP contribution is 2.21. The Hall–Kier alpha value is -1.55. The lowest BCUT2D eigenvalue weighted by Crippen LogP contribution is -2.51. The maximum atomic E-state index is 12.5. The molecule has 0 aromatic heterocycles. The van der Waals surface area contributed by atoms with Crippen molar-refractivity contribution in [3.63, 3.8) is 0 Å². The van der Waals surface area contributed by atoms with Crippen LogP contribution in [0.4, 0.5) is 0 Å². The fraction of sp³-hybridized carbons (Fsp3) is 0.562. The second-order valence-electron chi connectivity index (χ2n) is 5.54. The van der Waals surface area contributed by atoms with Gasteiger partial charge in [-0.2, -0.15) is 0 Å². The molecule has 0 bridgehead atoms. The molecule has 0 spiro atoms. The van der Waals surface area contributed by atoms with E-state index < -0.39 is 0 Å². The first-order chi connectivity index (χ1) is 9.54. The molecule has 110 valence electrons. The Kier molecular flexibility index (Phi) is 4.65. The number of aromatic hydroxyl groups is 1. The first kappa shape index (κ1) is 14.9. The summed E-state index contributed by atoms with van der Waals surface area (Å²) in [6.07, 6.45) is 1.14. The summed E-state index contributed by atoms with van der Waals surface area (Å²) in [7, 11) is 0. The van der Waals surface area contributed by atoms with Crippen molar-refractivity contribution in [3.05, 3.63) is 29.3 Å². The van der Waals surface area contributed by atoms with Crippen LogP contribution in [-0.2, 0) is 0 Å². The van der Waals surface area contributed by atoms with Crippen molar-refractivity contribution in [2.75, 3.05) is 26.2 Å².